The highest BCUT2D eigenvalue weighted by Gasteiger charge is 2.47. The van der Waals surface area contributed by atoms with Crippen molar-refractivity contribution in [1.82, 2.24) is 4.90 Å². The Morgan fingerprint density at radius 2 is 1.81 bits per heavy atom. The van der Waals surface area contributed by atoms with E-state index in [1.54, 1.807) is 0 Å². The Balaban J connectivity index is 1.78. The molecule has 2 aliphatic carbocycles. The molecule has 2 heteroatoms. The van der Waals surface area contributed by atoms with Crippen molar-refractivity contribution in [1.29, 1.82) is 0 Å². The van der Waals surface area contributed by atoms with Crippen LogP contribution in [0.5, 0.6) is 0 Å². The first-order valence-corrected chi connectivity index (χ1v) is 7.31. The molecule has 0 radical (unpaired) electrons. The van der Waals surface area contributed by atoms with Crippen LogP contribution in [0.4, 0.5) is 0 Å². The van der Waals surface area contributed by atoms with E-state index in [1.165, 1.54) is 64.3 Å². The van der Waals surface area contributed by atoms with Crippen LogP contribution in [-0.4, -0.2) is 29.6 Å². The van der Waals surface area contributed by atoms with Crippen LogP contribution < -0.4 is 5.73 Å². The van der Waals surface area contributed by atoms with E-state index in [1.807, 2.05) is 0 Å². The van der Waals surface area contributed by atoms with Gasteiger partial charge in [-0.25, -0.2) is 0 Å². The van der Waals surface area contributed by atoms with Crippen LogP contribution in [0.2, 0.25) is 0 Å². The lowest BCUT2D eigenvalue weighted by Gasteiger charge is -2.45. The van der Waals surface area contributed by atoms with E-state index >= 15 is 0 Å². The number of fused-ring (bicyclic) bond motifs is 2. The van der Waals surface area contributed by atoms with E-state index in [0.717, 1.165) is 18.5 Å². The molecule has 16 heavy (non-hydrogen) atoms. The zero-order valence-corrected chi connectivity index (χ0v) is 10.5. The third-order valence-electron chi connectivity index (χ3n) is 5.43. The zero-order chi connectivity index (χ0) is 11.0. The minimum absolute atomic E-state index is 0.399. The first kappa shape index (κ1) is 11.0. The number of likely N-dealkylation sites (tertiary alicyclic amines) is 1. The summed E-state index contributed by atoms with van der Waals surface area (Å²) in [6.07, 6.45) is 12.8. The topological polar surface area (TPSA) is 29.3 Å². The maximum absolute atomic E-state index is 6.18. The molecule has 3 rings (SSSR count). The molecule has 1 aliphatic heterocycles. The second-order valence-corrected chi connectivity index (χ2v) is 6.33. The van der Waals surface area contributed by atoms with Crippen LogP contribution in [0.15, 0.2) is 0 Å². The Morgan fingerprint density at radius 1 is 1.06 bits per heavy atom. The fourth-order valence-electron chi connectivity index (χ4n) is 4.50. The van der Waals surface area contributed by atoms with Gasteiger partial charge >= 0.3 is 0 Å². The third-order valence-corrected chi connectivity index (χ3v) is 5.43. The van der Waals surface area contributed by atoms with Gasteiger partial charge < -0.3 is 5.73 Å². The largest absolute Gasteiger partial charge is 0.329 e. The SMILES string of the molecule is NCC1(N2CC3CCC2C3)CCCCCC1. The van der Waals surface area contributed by atoms with Gasteiger partial charge in [-0.3, -0.25) is 4.90 Å². The smallest absolute Gasteiger partial charge is 0.0334 e. The van der Waals surface area contributed by atoms with E-state index in [2.05, 4.69) is 4.90 Å². The lowest BCUT2D eigenvalue weighted by molar-refractivity contribution is 0.0474. The van der Waals surface area contributed by atoms with Crippen molar-refractivity contribution >= 4 is 0 Å². The van der Waals surface area contributed by atoms with Crippen molar-refractivity contribution in [2.24, 2.45) is 11.7 Å². The minimum Gasteiger partial charge on any atom is -0.329 e. The second kappa shape index (κ2) is 4.30. The maximum atomic E-state index is 6.18. The molecule has 0 amide bonds. The number of piperidine rings is 1. The molecule has 2 unspecified atom stereocenters. The van der Waals surface area contributed by atoms with E-state index in [9.17, 15) is 0 Å². The summed E-state index contributed by atoms with van der Waals surface area (Å²) in [5.74, 6) is 1.01. The van der Waals surface area contributed by atoms with Crippen LogP contribution in [0, 0.1) is 5.92 Å². The van der Waals surface area contributed by atoms with Crippen molar-refractivity contribution in [3.05, 3.63) is 0 Å². The Bertz CT molecular complexity index is 243. The molecule has 92 valence electrons. The van der Waals surface area contributed by atoms with Crippen LogP contribution in [0.25, 0.3) is 0 Å². The highest BCUT2D eigenvalue weighted by molar-refractivity contribution is 5.03. The lowest BCUT2D eigenvalue weighted by atomic mass is 9.86. The third kappa shape index (κ3) is 1.70. The molecule has 0 spiro atoms. The highest BCUT2D eigenvalue weighted by atomic mass is 15.3. The molecule has 2 N–H and O–H groups in total. The van der Waals surface area contributed by atoms with E-state index < -0.39 is 0 Å². The van der Waals surface area contributed by atoms with Crippen LogP contribution in [0.1, 0.15) is 57.8 Å². The van der Waals surface area contributed by atoms with Crippen LogP contribution in [0.3, 0.4) is 0 Å². The normalized spacial score (nSPS) is 38.8. The van der Waals surface area contributed by atoms with Crippen molar-refractivity contribution < 1.29 is 0 Å². The molecule has 0 aromatic rings. The Hall–Kier alpha value is -0.0800. The molecule has 3 fully saturated rings. The van der Waals surface area contributed by atoms with Gasteiger partial charge in [0.05, 0.1) is 0 Å². The molecule has 2 atom stereocenters. The van der Waals surface area contributed by atoms with Gasteiger partial charge in [0.25, 0.3) is 0 Å². The minimum atomic E-state index is 0.399. The maximum Gasteiger partial charge on any atom is 0.0334 e. The summed E-state index contributed by atoms with van der Waals surface area (Å²) in [5, 5.41) is 0. The van der Waals surface area contributed by atoms with Gasteiger partial charge in [-0.05, 0) is 38.0 Å². The van der Waals surface area contributed by atoms with E-state index in [4.69, 9.17) is 5.73 Å². The molecule has 2 saturated carbocycles. The molecule has 3 aliphatic rings. The number of rotatable bonds is 2. The second-order valence-electron chi connectivity index (χ2n) is 6.33. The summed E-state index contributed by atoms with van der Waals surface area (Å²) in [6.45, 7) is 2.26. The Morgan fingerprint density at radius 3 is 2.31 bits per heavy atom. The van der Waals surface area contributed by atoms with Gasteiger partial charge in [0, 0.05) is 24.7 Å². The van der Waals surface area contributed by atoms with Crippen molar-refractivity contribution in [2.75, 3.05) is 13.1 Å². The summed E-state index contributed by atoms with van der Waals surface area (Å²) >= 11 is 0. The molecular formula is C14H26N2. The number of hydrogen-bond acceptors (Lipinski definition) is 2. The number of hydrogen-bond donors (Lipinski definition) is 1. The monoisotopic (exact) mass is 222 g/mol. The molecular weight excluding hydrogens is 196 g/mol. The fraction of sp³-hybridized carbons (Fsp3) is 1.00. The molecule has 0 aromatic carbocycles. The van der Waals surface area contributed by atoms with Crippen LogP contribution >= 0.6 is 0 Å². The van der Waals surface area contributed by atoms with Gasteiger partial charge in [0.15, 0.2) is 0 Å². The van der Waals surface area contributed by atoms with Gasteiger partial charge in [0.2, 0.25) is 0 Å². The highest BCUT2D eigenvalue weighted by Crippen LogP contribution is 2.44. The average Bonchev–Trinajstić information content (AvgIpc) is 2.86. The summed E-state index contributed by atoms with van der Waals surface area (Å²) < 4.78 is 0. The van der Waals surface area contributed by atoms with Gasteiger partial charge in [-0.1, -0.05) is 25.7 Å². The van der Waals surface area contributed by atoms with Crippen molar-refractivity contribution in [3.63, 3.8) is 0 Å². The summed E-state index contributed by atoms with van der Waals surface area (Å²) in [4.78, 5) is 2.84. The summed E-state index contributed by atoms with van der Waals surface area (Å²) in [7, 11) is 0. The Kier molecular flexibility index (Phi) is 2.97. The molecule has 1 saturated heterocycles. The van der Waals surface area contributed by atoms with Crippen LogP contribution in [-0.2, 0) is 0 Å². The van der Waals surface area contributed by atoms with Gasteiger partial charge in [0.1, 0.15) is 0 Å². The summed E-state index contributed by atoms with van der Waals surface area (Å²) in [6, 6.07) is 0.895. The molecule has 2 bridgehead atoms. The zero-order valence-electron chi connectivity index (χ0n) is 10.5. The predicted octanol–water partition coefficient (Wildman–Crippen LogP) is 2.52. The first-order chi connectivity index (χ1) is 7.84. The van der Waals surface area contributed by atoms with Crippen molar-refractivity contribution in [2.45, 2.75) is 69.4 Å². The average molecular weight is 222 g/mol. The van der Waals surface area contributed by atoms with E-state index in [-0.39, 0.29) is 0 Å². The lowest BCUT2D eigenvalue weighted by Crippen LogP contribution is -2.56. The first-order valence-electron chi connectivity index (χ1n) is 7.31. The Labute approximate surface area is 99.6 Å². The molecule has 2 nitrogen and oxygen atoms in total. The fourth-order valence-corrected chi connectivity index (χ4v) is 4.50. The van der Waals surface area contributed by atoms with Gasteiger partial charge in [-0.2, -0.15) is 0 Å². The predicted molar refractivity (Wildman–Crippen MR) is 67.3 cm³/mol. The summed E-state index contributed by atoms with van der Waals surface area (Å²) in [5.41, 5.74) is 6.58. The number of nitrogens with zero attached hydrogens (tertiary/aromatic N) is 1. The van der Waals surface area contributed by atoms with E-state index in [0.29, 0.717) is 5.54 Å². The molecule has 1 heterocycles. The van der Waals surface area contributed by atoms with Crippen molar-refractivity contribution in [3.8, 4) is 0 Å². The molecule has 0 aromatic heterocycles. The standard InChI is InChI=1S/C14H26N2/c15-11-14(7-3-1-2-4-8-14)16-10-12-5-6-13(16)9-12/h12-13H,1-11,15H2. The quantitative estimate of drug-likeness (QED) is 0.727. The van der Waals surface area contributed by atoms with Gasteiger partial charge in [-0.15, -0.1) is 0 Å². The number of nitrogens with two attached hydrogens (primary N) is 1.